The average molecular weight is 1450 g/mol. The number of rotatable bonds is 18. The lowest BCUT2D eigenvalue weighted by Gasteiger charge is -2.34. The fourth-order valence-corrected chi connectivity index (χ4v) is 16.8. The van der Waals surface area contributed by atoms with Crippen LogP contribution in [0.15, 0.2) is 243 Å². The van der Waals surface area contributed by atoms with Gasteiger partial charge in [0.25, 0.3) is 11.4 Å². The summed E-state index contributed by atoms with van der Waals surface area (Å²) in [7, 11) is 0. The molecule has 0 spiro atoms. The highest BCUT2D eigenvalue weighted by Gasteiger charge is 2.44. The summed E-state index contributed by atoms with van der Waals surface area (Å²) in [5.74, 6) is -6.13. The number of hydrogen-bond acceptors (Lipinski definition) is 10. The van der Waals surface area contributed by atoms with E-state index in [2.05, 4.69) is 122 Å². The fourth-order valence-electron chi connectivity index (χ4n) is 16.8. The lowest BCUT2D eigenvalue weighted by molar-refractivity contribution is 0.108. The molecule has 0 amide bonds. The quantitative estimate of drug-likeness (QED) is 0.0467. The minimum atomic E-state index is -1.39. The van der Waals surface area contributed by atoms with E-state index in [1.165, 1.54) is 9.80 Å². The minimum Gasteiger partial charge on any atom is -0.457 e. The van der Waals surface area contributed by atoms with Gasteiger partial charge in [0.2, 0.25) is 13.6 Å². The summed E-state index contributed by atoms with van der Waals surface area (Å²) in [5.41, 5.74) is 11.5. The SMILES string of the molecule is [C-]#[N+]c1c(F)c(OCOc2cc(-c3ccc4c(c3)C(CC)(CC)c3cc(-c5ccccc5)ccc3-4)c(OCOc3c(F)c(C#N)c(N4c5ccccc5Oc5ccccc54)c([N+]#[C-])c3F)cc2-c2ccc3c(c2)C(CC)(CC)c2cc(-c4ccccc4)ccc2-3)c(F)c(C#N)c1N1c2ccccc2Oc2ccccc21. The zero-order valence-corrected chi connectivity index (χ0v) is 60.0. The summed E-state index contributed by atoms with van der Waals surface area (Å²) in [5, 5.41) is 21.9. The number of ether oxygens (including phenoxy) is 6. The average Bonchev–Trinajstić information content (AvgIpc) is 1.24. The van der Waals surface area contributed by atoms with Crippen LogP contribution < -0.4 is 38.2 Å². The predicted octanol–water partition coefficient (Wildman–Crippen LogP) is 25.9. The van der Waals surface area contributed by atoms with Gasteiger partial charge >= 0.3 is 0 Å². The lowest BCUT2D eigenvalue weighted by Crippen LogP contribution is -2.23. The Morgan fingerprint density at radius 3 is 0.964 bits per heavy atom. The molecule has 2 aliphatic heterocycles. The van der Waals surface area contributed by atoms with Gasteiger partial charge in [-0.2, -0.15) is 10.5 Å². The van der Waals surface area contributed by atoms with Crippen molar-refractivity contribution in [1.29, 1.82) is 10.5 Å². The van der Waals surface area contributed by atoms with E-state index in [1.807, 2.05) is 60.7 Å². The van der Waals surface area contributed by atoms with E-state index in [0.29, 0.717) is 93.7 Å². The molecule has 0 saturated heterocycles. The molecule has 13 aromatic rings. The number of halogens is 4. The van der Waals surface area contributed by atoms with Crippen molar-refractivity contribution in [2.45, 2.75) is 64.2 Å². The Morgan fingerprint density at radius 2 is 0.655 bits per heavy atom. The van der Waals surface area contributed by atoms with Crippen LogP contribution in [-0.2, 0) is 10.8 Å². The minimum absolute atomic E-state index is 0.117. The zero-order valence-electron chi connectivity index (χ0n) is 60.0. The molecule has 16 heteroatoms. The molecule has 0 aromatic heterocycles. The first-order valence-corrected chi connectivity index (χ1v) is 36.2. The molecule has 0 radical (unpaired) electrons. The molecule has 0 unspecified atom stereocenters. The third kappa shape index (κ3) is 10.8. The molecule has 0 bridgehead atoms. The molecule has 0 N–H and O–H groups in total. The second-order valence-corrected chi connectivity index (χ2v) is 27.3. The Labute approximate surface area is 633 Å². The summed E-state index contributed by atoms with van der Waals surface area (Å²) < 4.78 is 109. The van der Waals surface area contributed by atoms with Gasteiger partial charge < -0.3 is 38.2 Å². The maximum atomic E-state index is 17.6. The molecular formula is C94H64F4N6O6. The molecule has 2 aliphatic carbocycles. The summed E-state index contributed by atoms with van der Waals surface area (Å²) >= 11 is 0. The summed E-state index contributed by atoms with van der Waals surface area (Å²) in [4.78, 5) is 10.1. The predicted molar refractivity (Wildman–Crippen MR) is 418 cm³/mol. The molecular weight excluding hydrogens is 1390 g/mol. The third-order valence-electron chi connectivity index (χ3n) is 22.2. The molecule has 0 fully saturated rings. The number of fused-ring (bicyclic) bond motifs is 10. The van der Waals surface area contributed by atoms with Gasteiger partial charge in [-0.05, 0) is 189 Å². The van der Waals surface area contributed by atoms with Crippen LogP contribution in [0.4, 0.5) is 63.1 Å². The van der Waals surface area contributed by atoms with E-state index in [0.717, 1.165) is 66.8 Å². The Bertz CT molecular complexity index is 5600. The van der Waals surface area contributed by atoms with Crippen molar-refractivity contribution in [2.24, 2.45) is 0 Å². The summed E-state index contributed by atoms with van der Waals surface area (Å²) in [6.07, 6.45) is 2.84. The summed E-state index contributed by atoms with van der Waals surface area (Å²) in [6.45, 7) is 23.8. The third-order valence-corrected chi connectivity index (χ3v) is 22.2. The van der Waals surface area contributed by atoms with Gasteiger partial charge in [-0.15, -0.1) is 0 Å². The van der Waals surface area contributed by atoms with Crippen LogP contribution in [-0.4, -0.2) is 13.6 Å². The lowest BCUT2D eigenvalue weighted by atomic mass is 9.73. The van der Waals surface area contributed by atoms with E-state index in [9.17, 15) is 10.5 Å². The number of para-hydroxylation sites is 8. The maximum Gasteiger partial charge on any atom is 0.250 e. The van der Waals surface area contributed by atoms with Crippen LogP contribution in [0.5, 0.6) is 46.0 Å². The Morgan fingerprint density at radius 1 is 0.355 bits per heavy atom. The first-order valence-electron chi connectivity index (χ1n) is 36.2. The Hall–Kier alpha value is -14.1. The zero-order chi connectivity index (χ0) is 75.7. The molecule has 0 saturated carbocycles. The first kappa shape index (κ1) is 69.0. The van der Waals surface area contributed by atoms with Crippen molar-refractivity contribution in [3.63, 3.8) is 0 Å². The number of benzene rings is 13. The van der Waals surface area contributed by atoms with Gasteiger partial charge in [0, 0.05) is 22.0 Å². The fraction of sp³-hybridized carbons (Fsp3) is 0.128. The van der Waals surface area contributed by atoms with Gasteiger partial charge in [-0.25, -0.2) is 27.3 Å². The van der Waals surface area contributed by atoms with E-state index >= 15 is 17.6 Å². The Balaban J connectivity index is 0.826. The molecule has 4 aliphatic rings. The Kier molecular flexibility index (Phi) is 17.4. The monoisotopic (exact) mass is 1450 g/mol. The van der Waals surface area contributed by atoms with Crippen molar-refractivity contribution in [2.75, 3.05) is 23.4 Å². The second-order valence-electron chi connectivity index (χ2n) is 27.3. The maximum absolute atomic E-state index is 17.6. The number of nitriles is 2. The highest BCUT2D eigenvalue weighted by Crippen LogP contribution is 2.61. The number of nitrogens with zero attached hydrogens (tertiary/aromatic N) is 6. The topological polar surface area (TPSA) is 118 Å². The van der Waals surface area contributed by atoms with Crippen LogP contribution in [0.25, 0.3) is 76.5 Å². The van der Waals surface area contributed by atoms with Gasteiger partial charge in [0.05, 0.1) is 47.3 Å². The molecule has 110 heavy (non-hydrogen) atoms. The molecule has 12 nitrogen and oxygen atoms in total. The van der Waals surface area contributed by atoms with E-state index in [4.69, 9.17) is 41.6 Å². The van der Waals surface area contributed by atoms with Crippen molar-refractivity contribution in [1.82, 2.24) is 0 Å². The molecule has 534 valence electrons. The van der Waals surface area contributed by atoms with E-state index in [-0.39, 0.29) is 22.9 Å². The van der Waals surface area contributed by atoms with Gasteiger partial charge in [-0.1, -0.05) is 185 Å². The van der Waals surface area contributed by atoms with Crippen molar-refractivity contribution < 1.29 is 46.0 Å². The standard InChI is InChI=1S/C94H64F4N6O6/c1-7-93(8-2)69-45-57(55-25-13-11-14-26-55)37-41-61(69)63-43-39-59(47-71(63)93)65-49-82(106-54-108-92-84(96)68(52-100)90(88(102-6)86(92)98)104-75-31-19-23-35-79(75)110-80-36-24-20-32-76(80)104)66(60-40-44-64-62-42-38-58(56-27-15-12-16-28-56)46-70(62)94(9-3,10-4)72(64)48-60)50-81(65)105-53-107-91-83(95)67(51-99)89(87(101-5)85(91)97)103-73-29-17-21-33-77(73)109-78-34-22-18-30-74(78)103/h11-50H,7-10,53-54H2,1-4H3. The first-order chi connectivity index (χ1) is 53.8. The smallest absolute Gasteiger partial charge is 0.250 e. The van der Waals surface area contributed by atoms with Crippen LogP contribution in [0.3, 0.4) is 0 Å². The van der Waals surface area contributed by atoms with Crippen LogP contribution in [0.2, 0.25) is 0 Å². The van der Waals surface area contributed by atoms with Crippen molar-refractivity contribution >= 4 is 45.5 Å². The van der Waals surface area contributed by atoms with Crippen LogP contribution in [0, 0.1) is 59.1 Å². The summed E-state index contributed by atoms with van der Waals surface area (Å²) in [6, 6.07) is 80.1. The van der Waals surface area contributed by atoms with Crippen LogP contribution in [0.1, 0.15) is 86.8 Å². The van der Waals surface area contributed by atoms with Crippen molar-refractivity contribution in [3.05, 3.63) is 322 Å². The van der Waals surface area contributed by atoms with Crippen molar-refractivity contribution in [3.8, 4) is 125 Å². The van der Waals surface area contributed by atoms with E-state index in [1.54, 1.807) is 109 Å². The number of anilines is 6. The molecule has 17 rings (SSSR count). The molecule has 0 atom stereocenters. The van der Waals surface area contributed by atoms with Gasteiger partial charge in [0.1, 0.15) is 34.8 Å². The molecule has 13 aromatic carbocycles. The highest BCUT2D eigenvalue weighted by atomic mass is 19.1. The van der Waals surface area contributed by atoms with Gasteiger partial charge in [0.15, 0.2) is 57.8 Å². The van der Waals surface area contributed by atoms with Gasteiger partial charge in [-0.3, -0.25) is 0 Å². The van der Waals surface area contributed by atoms with Crippen LogP contribution >= 0.6 is 0 Å². The normalized spacial score (nSPS) is 13.2. The van der Waals surface area contributed by atoms with E-state index < -0.39 is 81.7 Å². The number of hydrogen-bond donors (Lipinski definition) is 0. The highest BCUT2D eigenvalue weighted by molar-refractivity contribution is 5.98. The second kappa shape index (κ2) is 27.7. The largest absolute Gasteiger partial charge is 0.457 e. The molecule has 2 heterocycles.